The molecule has 1 aliphatic carbocycles. The van der Waals surface area contributed by atoms with Gasteiger partial charge >= 0.3 is 0 Å². The largest absolute Gasteiger partial charge is 0.263 e. The zero-order chi connectivity index (χ0) is 24.5. The molecule has 1 fully saturated rings. The summed E-state index contributed by atoms with van der Waals surface area (Å²) in [5.41, 5.74) is 7.60. The minimum atomic E-state index is -0.438. The van der Waals surface area contributed by atoms with Crippen LogP contribution in [-0.2, 0) is 0 Å². The number of hydrogen-bond donors (Lipinski definition) is 1. The molecule has 0 bridgehead atoms. The molecule has 6 nitrogen and oxygen atoms in total. The van der Waals surface area contributed by atoms with Crippen LogP contribution in [0.15, 0.2) is 82.4 Å². The highest BCUT2D eigenvalue weighted by Crippen LogP contribution is 2.46. The molecule has 0 amide bonds. The van der Waals surface area contributed by atoms with Gasteiger partial charge in [0.1, 0.15) is 6.54 Å². The first-order valence-corrected chi connectivity index (χ1v) is 12.2. The predicted molar refractivity (Wildman–Crippen MR) is 141 cm³/mol. The van der Waals surface area contributed by atoms with E-state index in [2.05, 4.69) is 54.9 Å². The number of pyridine rings is 1. The summed E-state index contributed by atoms with van der Waals surface area (Å²) in [6, 6.07) is 16.0. The maximum atomic E-state index is 14.5. The highest BCUT2D eigenvalue weighted by Gasteiger charge is 2.28. The third-order valence-electron chi connectivity index (χ3n) is 6.78. The van der Waals surface area contributed by atoms with Gasteiger partial charge in [0.2, 0.25) is 5.95 Å². The van der Waals surface area contributed by atoms with Gasteiger partial charge in [-0.25, -0.2) is 0 Å². The van der Waals surface area contributed by atoms with Crippen LogP contribution in [0.2, 0.25) is 5.02 Å². The summed E-state index contributed by atoms with van der Waals surface area (Å²) in [5.74, 6) is -0.0793. The van der Waals surface area contributed by atoms with E-state index in [1.54, 1.807) is 12.4 Å². The Bertz CT molecular complexity index is 1560. The van der Waals surface area contributed by atoms with Gasteiger partial charge in [-0.3, -0.25) is 10.1 Å². The van der Waals surface area contributed by atoms with E-state index < -0.39 is 5.95 Å². The van der Waals surface area contributed by atoms with Crippen molar-refractivity contribution < 1.29 is 4.39 Å². The highest BCUT2D eigenvalue weighted by molar-refractivity contribution is 6.32. The molecule has 2 aromatic heterocycles. The van der Waals surface area contributed by atoms with Crippen molar-refractivity contribution in [2.45, 2.75) is 19.3 Å². The van der Waals surface area contributed by atoms with Crippen LogP contribution < -0.4 is 0 Å². The standard InChI is InChI=1S/C28H22ClFN6/c29-24-16-31-13-12-22(24)27(18-2-1-3-18)26(20-9-11-25-23(14-20)28(30)35-34-25)19-7-4-17(5-8-19)6-10-21-15-32-36-33-21/h4-14,16,18H,1-3,15H2,(H,34,35)/b10-6+,27-26+. The molecule has 1 saturated carbocycles. The summed E-state index contributed by atoms with van der Waals surface area (Å²) in [6.07, 6.45) is 10.7. The summed E-state index contributed by atoms with van der Waals surface area (Å²) in [5, 5.41) is 19.1. The molecule has 1 aliphatic heterocycles. The average Bonchev–Trinajstić information content (AvgIpc) is 3.52. The second-order valence-corrected chi connectivity index (χ2v) is 9.38. The first-order chi connectivity index (χ1) is 17.7. The Hall–Kier alpha value is -3.97. The molecule has 8 heteroatoms. The second-order valence-electron chi connectivity index (χ2n) is 8.98. The number of allylic oxidation sites excluding steroid dienone is 1. The monoisotopic (exact) mass is 496 g/mol. The molecular formula is C28H22ClFN6. The molecule has 2 aliphatic rings. The molecular weight excluding hydrogens is 475 g/mol. The Balaban J connectivity index is 1.52. The molecule has 2 aromatic carbocycles. The van der Waals surface area contributed by atoms with Crippen LogP contribution in [0, 0.1) is 11.9 Å². The Morgan fingerprint density at radius 1 is 1.03 bits per heavy atom. The van der Waals surface area contributed by atoms with E-state index in [4.69, 9.17) is 11.6 Å². The van der Waals surface area contributed by atoms with Gasteiger partial charge in [-0.2, -0.15) is 14.6 Å². The van der Waals surface area contributed by atoms with Crippen LogP contribution in [0.5, 0.6) is 0 Å². The number of benzene rings is 2. The molecule has 1 N–H and O–H groups in total. The van der Waals surface area contributed by atoms with Crippen molar-refractivity contribution in [1.82, 2.24) is 15.2 Å². The number of aromatic amines is 1. The smallest absolute Gasteiger partial charge is 0.216 e. The van der Waals surface area contributed by atoms with Gasteiger partial charge in [0, 0.05) is 18.0 Å². The fourth-order valence-electron chi connectivity index (χ4n) is 4.73. The Morgan fingerprint density at radius 3 is 2.58 bits per heavy atom. The lowest BCUT2D eigenvalue weighted by molar-refractivity contribution is 0.401. The molecule has 0 spiro atoms. The maximum absolute atomic E-state index is 14.5. The first-order valence-electron chi connectivity index (χ1n) is 11.9. The van der Waals surface area contributed by atoms with Gasteiger partial charge in [-0.05, 0) is 76.1 Å². The van der Waals surface area contributed by atoms with Crippen molar-refractivity contribution in [2.75, 3.05) is 6.54 Å². The number of fused-ring (bicyclic) bond motifs is 1. The SMILES string of the molecule is Fc1[nH]nc2ccc(/C(=C(/c3ccncc3Cl)C3CCC3)c3ccc(/C=C/C4=NN=NC4)cc3)cc12. The topological polar surface area (TPSA) is 78.6 Å². The Kier molecular flexibility index (Phi) is 5.99. The van der Waals surface area contributed by atoms with Crippen LogP contribution in [0.25, 0.3) is 28.1 Å². The fourth-order valence-corrected chi connectivity index (χ4v) is 4.95. The summed E-state index contributed by atoms with van der Waals surface area (Å²) in [7, 11) is 0. The number of H-pyrrole nitrogens is 1. The van der Waals surface area contributed by atoms with Gasteiger partial charge in [0.05, 0.1) is 21.6 Å². The average molecular weight is 497 g/mol. The van der Waals surface area contributed by atoms with Crippen molar-refractivity contribution in [3.63, 3.8) is 0 Å². The summed E-state index contributed by atoms with van der Waals surface area (Å²) >= 11 is 6.69. The van der Waals surface area contributed by atoms with Gasteiger partial charge < -0.3 is 0 Å². The number of nitrogens with zero attached hydrogens (tertiary/aromatic N) is 5. The zero-order valence-electron chi connectivity index (χ0n) is 19.3. The molecule has 6 rings (SSSR count). The molecule has 0 unspecified atom stereocenters. The lowest BCUT2D eigenvalue weighted by Gasteiger charge is -2.32. The second kappa shape index (κ2) is 9.59. The number of halogens is 2. The predicted octanol–water partition coefficient (Wildman–Crippen LogP) is 7.34. The van der Waals surface area contributed by atoms with E-state index in [9.17, 15) is 4.39 Å². The fraction of sp³-hybridized carbons (Fsp3) is 0.179. The summed E-state index contributed by atoms with van der Waals surface area (Å²) in [6.45, 7) is 0.506. The van der Waals surface area contributed by atoms with Crippen molar-refractivity contribution in [1.29, 1.82) is 0 Å². The quantitative estimate of drug-likeness (QED) is 0.303. The lowest BCUT2D eigenvalue weighted by atomic mass is 9.73. The van der Waals surface area contributed by atoms with Crippen LogP contribution in [0.3, 0.4) is 0 Å². The van der Waals surface area contributed by atoms with Gasteiger partial charge in [-0.1, -0.05) is 54.4 Å². The molecule has 36 heavy (non-hydrogen) atoms. The Morgan fingerprint density at radius 2 is 1.86 bits per heavy atom. The van der Waals surface area contributed by atoms with E-state index >= 15 is 0 Å². The lowest BCUT2D eigenvalue weighted by Crippen LogP contribution is -2.15. The number of rotatable bonds is 6. The van der Waals surface area contributed by atoms with Crippen LogP contribution >= 0.6 is 11.6 Å². The normalized spacial score (nSPS) is 16.4. The van der Waals surface area contributed by atoms with Gasteiger partial charge in [0.25, 0.3) is 0 Å². The number of hydrogen-bond acceptors (Lipinski definition) is 5. The Labute approximate surface area is 212 Å². The van der Waals surface area contributed by atoms with E-state index in [0.717, 1.165) is 46.4 Å². The minimum Gasteiger partial charge on any atom is -0.263 e. The zero-order valence-corrected chi connectivity index (χ0v) is 20.1. The van der Waals surface area contributed by atoms with E-state index in [-0.39, 0.29) is 0 Å². The van der Waals surface area contributed by atoms with Crippen LogP contribution in [0.1, 0.15) is 41.5 Å². The highest BCUT2D eigenvalue weighted by atomic mass is 35.5. The number of nitrogens with one attached hydrogen (secondary N) is 1. The third kappa shape index (κ3) is 4.27. The van der Waals surface area contributed by atoms with E-state index in [1.807, 2.05) is 36.4 Å². The summed E-state index contributed by atoms with van der Waals surface area (Å²) in [4.78, 5) is 4.20. The van der Waals surface area contributed by atoms with Crippen molar-refractivity contribution in [3.8, 4) is 0 Å². The number of aromatic nitrogens is 3. The van der Waals surface area contributed by atoms with Crippen molar-refractivity contribution in [3.05, 3.63) is 100 Å². The summed E-state index contributed by atoms with van der Waals surface area (Å²) < 4.78 is 14.5. The van der Waals surface area contributed by atoms with E-state index in [1.165, 1.54) is 12.0 Å². The molecule has 0 atom stereocenters. The van der Waals surface area contributed by atoms with Gasteiger partial charge in [-0.15, -0.1) is 5.10 Å². The van der Waals surface area contributed by atoms with Crippen LogP contribution in [-0.4, -0.2) is 27.4 Å². The van der Waals surface area contributed by atoms with Gasteiger partial charge in [0.15, 0.2) is 0 Å². The minimum absolute atomic E-state index is 0.359. The van der Waals surface area contributed by atoms with Crippen molar-refractivity contribution >= 4 is 45.4 Å². The molecule has 178 valence electrons. The first kappa shape index (κ1) is 22.5. The van der Waals surface area contributed by atoms with Crippen molar-refractivity contribution in [2.24, 2.45) is 21.4 Å². The molecule has 0 saturated heterocycles. The molecule has 0 radical (unpaired) electrons. The van der Waals surface area contributed by atoms with Crippen LogP contribution in [0.4, 0.5) is 4.39 Å². The van der Waals surface area contributed by atoms with E-state index in [0.29, 0.717) is 28.4 Å². The molecule has 3 heterocycles. The maximum Gasteiger partial charge on any atom is 0.216 e. The molecule has 4 aromatic rings. The third-order valence-corrected chi connectivity index (χ3v) is 7.08.